The molecule has 9 nitrogen and oxygen atoms in total. The summed E-state index contributed by atoms with van der Waals surface area (Å²) in [4.78, 5) is 26.0. The van der Waals surface area contributed by atoms with E-state index in [4.69, 9.17) is 14.6 Å². The van der Waals surface area contributed by atoms with Gasteiger partial charge in [-0.3, -0.25) is 9.48 Å². The smallest absolute Gasteiger partial charge is 0.338 e. The van der Waals surface area contributed by atoms with Gasteiger partial charge in [-0.2, -0.15) is 5.10 Å². The highest BCUT2D eigenvalue weighted by Crippen LogP contribution is 2.39. The maximum Gasteiger partial charge on any atom is 0.338 e. The molecular weight excluding hydrogens is 506 g/mol. The molecule has 1 amide bonds. The number of aromatic nitrogens is 2. The molecule has 38 heavy (non-hydrogen) atoms. The Morgan fingerprint density at radius 1 is 1.21 bits per heavy atom. The first-order valence-electron chi connectivity index (χ1n) is 13.3. The van der Waals surface area contributed by atoms with Gasteiger partial charge in [0, 0.05) is 43.7 Å². The molecule has 0 saturated carbocycles. The summed E-state index contributed by atoms with van der Waals surface area (Å²) in [5.74, 6) is -0.596. The number of ether oxygens (including phenoxy) is 2. The van der Waals surface area contributed by atoms with Crippen LogP contribution < -0.4 is 5.32 Å². The molecule has 0 radical (unpaired) electrons. The Morgan fingerprint density at radius 3 is 2.47 bits per heavy atom. The first-order valence-corrected chi connectivity index (χ1v) is 14.9. The minimum Gasteiger partial charge on any atom is -0.462 e. The van der Waals surface area contributed by atoms with Crippen molar-refractivity contribution in [3.63, 3.8) is 0 Å². The number of hydrogen-bond donors (Lipinski definition) is 1. The lowest BCUT2D eigenvalue weighted by Crippen LogP contribution is -2.40. The molecule has 3 heterocycles. The highest BCUT2D eigenvalue weighted by Gasteiger charge is 2.40. The van der Waals surface area contributed by atoms with Crippen molar-refractivity contribution in [2.75, 3.05) is 26.4 Å². The van der Waals surface area contributed by atoms with Gasteiger partial charge in [-0.25, -0.2) is 13.2 Å². The van der Waals surface area contributed by atoms with Crippen molar-refractivity contribution in [2.24, 2.45) is 10.8 Å². The summed E-state index contributed by atoms with van der Waals surface area (Å²) < 4.78 is 37.8. The Labute approximate surface area is 225 Å². The van der Waals surface area contributed by atoms with Gasteiger partial charge < -0.3 is 14.8 Å². The third-order valence-corrected chi connectivity index (χ3v) is 9.83. The van der Waals surface area contributed by atoms with Gasteiger partial charge in [-0.15, -0.1) is 0 Å². The van der Waals surface area contributed by atoms with Crippen molar-refractivity contribution < 1.29 is 27.5 Å². The van der Waals surface area contributed by atoms with Crippen LogP contribution >= 0.6 is 0 Å². The molecule has 0 aliphatic carbocycles. The molecule has 1 fully saturated rings. The van der Waals surface area contributed by atoms with Crippen LogP contribution in [0, 0.1) is 10.8 Å². The SMILES string of the molecule is CCn1nc(CC(C)(C)COC(=O)c2ccc(S(=O)(=O)C(C)C)cc2)c2c1C(=O)NCC1(CCOCC1)C2. The highest BCUT2D eigenvalue weighted by molar-refractivity contribution is 7.92. The van der Waals surface area contributed by atoms with Crippen LogP contribution in [0.5, 0.6) is 0 Å². The standard InChI is InChI=1S/C28H39N3O6S/c1-6-31-24-22(15-28(17-29-25(24)32)11-13-36-14-12-28)23(30-31)16-27(4,5)18-37-26(33)20-7-9-21(10-8-20)38(34,35)19(2)3/h7-10,19H,6,11-18H2,1-5H3,(H,29,32). The van der Waals surface area contributed by atoms with Gasteiger partial charge in [0.2, 0.25) is 0 Å². The van der Waals surface area contributed by atoms with E-state index in [1.807, 2.05) is 20.8 Å². The van der Waals surface area contributed by atoms with E-state index >= 15 is 0 Å². The molecule has 0 unspecified atom stereocenters. The van der Waals surface area contributed by atoms with Crippen LogP contribution in [-0.2, 0) is 38.7 Å². The second kappa shape index (κ2) is 10.8. The maximum atomic E-state index is 13.1. The molecular formula is C28H39N3O6S. The molecule has 10 heteroatoms. The van der Waals surface area contributed by atoms with Crippen molar-refractivity contribution in [3.05, 3.63) is 46.8 Å². The molecule has 0 bridgehead atoms. The number of nitrogens with one attached hydrogen (secondary N) is 1. The third-order valence-electron chi connectivity index (χ3n) is 7.66. The number of esters is 1. The Morgan fingerprint density at radius 2 is 1.87 bits per heavy atom. The van der Waals surface area contributed by atoms with E-state index in [2.05, 4.69) is 5.32 Å². The second-order valence-corrected chi connectivity index (χ2v) is 14.1. The molecule has 0 atom stereocenters. The van der Waals surface area contributed by atoms with Crippen molar-refractivity contribution in [2.45, 2.75) is 77.0 Å². The van der Waals surface area contributed by atoms with Gasteiger partial charge >= 0.3 is 5.97 Å². The van der Waals surface area contributed by atoms with Crippen LogP contribution in [0.25, 0.3) is 0 Å². The van der Waals surface area contributed by atoms with Gasteiger partial charge in [-0.1, -0.05) is 13.8 Å². The Bertz CT molecular complexity index is 1290. The van der Waals surface area contributed by atoms with Crippen LogP contribution in [0.2, 0.25) is 0 Å². The number of carbonyl (C=O) groups is 2. The lowest BCUT2D eigenvalue weighted by Gasteiger charge is -2.36. The van der Waals surface area contributed by atoms with E-state index in [-0.39, 0.29) is 22.8 Å². The molecule has 1 saturated heterocycles. The largest absolute Gasteiger partial charge is 0.462 e. The van der Waals surface area contributed by atoms with Crippen molar-refractivity contribution in [1.29, 1.82) is 0 Å². The number of carbonyl (C=O) groups excluding carboxylic acids is 2. The average Bonchev–Trinajstić information content (AvgIpc) is 3.15. The van der Waals surface area contributed by atoms with Crippen LogP contribution in [0.15, 0.2) is 29.2 Å². The Balaban J connectivity index is 1.49. The van der Waals surface area contributed by atoms with E-state index in [0.717, 1.165) is 30.5 Å². The number of benzene rings is 1. The molecule has 4 rings (SSSR count). The van der Waals surface area contributed by atoms with Crippen molar-refractivity contribution in [1.82, 2.24) is 15.1 Å². The summed E-state index contributed by atoms with van der Waals surface area (Å²) in [7, 11) is -3.41. The lowest BCUT2D eigenvalue weighted by molar-refractivity contribution is 0.0159. The molecule has 2 aliphatic rings. The van der Waals surface area contributed by atoms with E-state index in [1.54, 1.807) is 18.5 Å². The number of nitrogens with zero attached hydrogens (tertiary/aromatic N) is 2. The van der Waals surface area contributed by atoms with Gasteiger partial charge in [0.1, 0.15) is 5.69 Å². The highest BCUT2D eigenvalue weighted by atomic mass is 32.2. The summed E-state index contributed by atoms with van der Waals surface area (Å²) in [5.41, 5.74) is 2.31. The summed E-state index contributed by atoms with van der Waals surface area (Å²) >= 11 is 0. The normalized spacial score (nSPS) is 17.7. The first kappa shape index (κ1) is 28.3. The van der Waals surface area contributed by atoms with Crippen molar-refractivity contribution >= 4 is 21.7 Å². The number of rotatable bonds is 8. The minimum absolute atomic E-state index is 0.0403. The lowest BCUT2D eigenvalue weighted by atomic mass is 9.74. The van der Waals surface area contributed by atoms with Crippen molar-refractivity contribution in [3.8, 4) is 0 Å². The average molecular weight is 546 g/mol. The Kier molecular flexibility index (Phi) is 8.04. The summed E-state index contributed by atoms with van der Waals surface area (Å²) in [5, 5.41) is 7.41. The third kappa shape index (κ3) is 5.81. The molecule has 2 aromatic rings. The van der Waals surface area contributed by atoms with Crippen LogP contribution in [0.4, 0.5) is 0 Å². The second-order valence-electron chi connectivity index (χ2n) is 11.6. The fourth-order valence-corrected chi connectivity index (χ4v) is 6.27. The summed E-state index contributed by atoms with van der Waals surface area (Å²) in [6.07, 6.45) is 3.09. The monoisotopic (exact) mass is 545 g/mol. The summed E-state index contributed by atoms with van der Waals surface area (Å²) in [6, 6.07) is 5.86. The van der Waals surface area contributed by atoms with Gasteiger partial charge in [0.25, 0.3) is 5.91 Å². The van der Waals surface area contributed by atoms with Crippen LogP contribution in [0.1, 0.15) is 79.6 Å². The van der Waals surface area contributed by atoms with Gasteiger partial charge in [-0.05, 0) is 69.7 Å². The maximum absolute atomic E-state index is 13.1. The fraction of sp³-hybridized carbons (Fsp3) is 0.607. The van der Waals surface area contributed by atoms with Crippen LogP contribution in [-0.4, -0.2) is 61.7 Å². The topological polar surface area (TPSA) is 117 Å². The minimum atomic E-state index is -3.41. The molecule has 1 N–H and O–H groups in total. The zero-order chi connectivity index (χ0) is 27.7. The Hall–Kier alpha value is -2.72. The number of aryl methyl sites for hydroxylation is 1. The van der Waals surface area contributed by atoms with Gasteiger partial charge in [0.15, 0.2) is 9.84 Å². The van der Waals surface area contributed by atoms with E-state index in [9.17, 15) is 18.0 Å². The molecule has 2 aliphatic heterocycles. The molecule has 1 spiro atoms. The molecule has 1 aromatic carbocycles. The fourth-order valence-electron chi connectivity index (χ4n) is 5.21. The quantitative estimate of drug-likeness (QED) is 0.504. The number of amides is 1. The number of fused-ring (bicyclic) bond motifs is 1. The van der Waals surface area contributed by atoms with E-state index in [0.29, 0.717) is 44.0 Å². The zero-order valence-electron chi connectivity index (χ0n) is 23.0. The number of sulfone groups is 1. The van der Waals surface area contributed by atoms with E-state index in [1.165, 1.54) is 24.3 Å². The molecule has 208 valence electrons. The summed E-state index contributed by atoms with van der Waals surface area (Å²) in [6.45, 7) is 12.0. The van der Waals surface area contributed by atoms with Crippen LogP contribution in [0.3, 0.4) is 0 Å². The number of hydrogen-bond acceptors (Lipinski definition) is 7. The van der Waals surface area contributed by atoms with Gasteiger partial charge in [0.05, 0.1) is 28.0 Å². The van der Waals surface area contributed by atoms with E-state index < -0.39 is 26.5 Å². The first-order chi connectivity index (χ1) is 17.9. The zero-order valence-corrected chi connectivity index (χ0v) is 23.8. The predicted molar refractivity (Wildman–Crippen MR) is 143 cm³/mol. The predicted octanol–water partition coefficient (Wildman–Crippen LogP) is 3.59. The molecule has 1 aromatic heterocycles.